The van der Waals surface area contributed by atoms with Crippen molar-refractivity contribution in [3.63, 3.8) is 0 Å². The predicted molar refractivity (Wildman–Crippen MR) is 100 cm³/mol. The number of ether oxygens (including phenoxy) is 1. The maximum absolute atomic E-state index is 12.3. The van der Waals surface area contributed by atoms with Gasteiger partial charge in [-0.1, -0.05) is 30.3 Å². The van der Waals surface area contributed by atoms with Crippen molar-refractivity contribution in [1.29, 1.82) is 0 Å². The van der Waals surface area contributed by atoms with Gasteiger partial charge in [0, 0.05) is 31.6 Å². The fourth-order valence-electron chi connectivity index (χ4n) is 3.24. The van der Waals surface area contributed by atoms with Crippen molar-refractivity contribution < 1.29 is 9.53 Å². The van der Waals surface area contributed by atoms with Gasteiger partial charge in [-0.2, -0.15) is 0 Å². The molecule has 0 spiro atoms. The van der Waals surface area contributed by atoms with E-state index in [1.54, 1.807) is 7.11 Å². The molecule has 0 aromatic heterocycles. The second-order valence-electron chi connectivity index (χ2n) is 6.40. The first-order valence-electron chi connectivity index (χ1n) is 8.63. The van der Waals surface area contributed by atoms with Crippen LogP contribution in [0.3, 0.4) is 0 Å². The molecule has 3 N–H and O–H groups in total. The summed E-state index contributed by atoms with van der Waals surface area (Å²) in [6.45, 7) is 2.38. The number of nitrogen functional groups attached to an aromatic ring is 1. The summed E-state index contributed by atoms with van der Waals surface area (Å²) in [5.41, 5.74) is 11.3. The highest BCUT2D eigenvalue weighted by Gasteiger charge is 2.20. The van der Waals surface area contributed by atoms with E-state index in [0.29, 0.717) is 19.7 Å². The van der Waals surface area contributed by atoms with Crippen molar-refractivity contribution in [2.75, 3.05) is 30.8 Å². The van der Waals surface area contributed by atoms with Crippen molar-refractivity contribution in [3.05, 3.63) is 59.2 Å². The average Bonchev–Trinajstić information content (AvgIpc) is 2.62. The highest BCUT2D eigenvalue weighted by atomic mass is 16.5. The number of nitrogens with zero attached hydrogens (tertiary/aromatic N) is 1. The minimum Gasteiger partial charge on any atom is -0.398 e. The molecular formula is C20H25N3O2. The number of hydrogen-bond acceptors (Lipinski definition) is 4. The largest absolute Gasteiger partial charge is 0.398 e. The maximum Gasteiger partial charge on any atom is 0.239 e. The van der Waals surface area contributed by atoms with Crippen LogP contribution in [0.1, 0.15) is 23.1 Å². The van der Waals surface area contributed by atoms with Crippen LogP contribution in [-0.2, 0) is 29.1 Å². The van der Waals surface area contributed by atoms with E-state index >= 15 is 0 Å². The van der Waals surface area contributed by atoms with Gasteiger partial charge in [0.1, 0.15) is 0 Å². The van der Waals surface area contributed by atoms with Crippen molar-refractivity contribution in [3.8, 4) is 0 Å². The molecule has 0 saturated heterocycles. The third kappa shape index (κ3) is 4.31. The topological polar surface area (TPSA) is 67.6 Å². The Hall–Kier alpha value is -2.53. The van der Waals surface area contributed by atoms with Crippen molar-refractivity contribution in [2.45, 2.75) is 26.0 Å². The number of carbonyl (C=O) groups excluding carboxylic acids is 1. The molecular weight excluding hydrogens is 314 g/mol. The first-order chi connectivity index (χ1) is 12.2. The van der Waals surface area contributed by atoms with Gasteiger partial charge in [-0.3, -0.25) is 4.79 Å². The summed E-state index contributed by atoms with van der Waals surface area (Å²) in [6.07, 6.45) is 2.00. The Morgan fingerprint density at radius 1 is 1.20 bits per heavy atom. The molecule has 0 bridgehead atoms. The Morgan fingerprint density at radius 3 is 2.72 bits per heavy atom. The molecule has 0 radical (unpaired) electrons. The minimum atomic E-state index is 0.0243. The van der Waals surface area contributed by atoms with Gasteiger partial charge in [-0.25, -0.2) is 0 Å². The van der Waals surface area contributed by atoms with Crippen LogP contribution in [0.4, 0.5) is 11.4 Å². The number of nitrogens with two attached hydrogens (primary N) is 1. The molecule has 1 aliphatic rings. The van der Waals surface area contributed by atoms with E-state index in [9.17, 15) is 4.79 Å². The number of fused-ring (bicyclic) bond motifs is 1. The molecule has 1 aliphatic heterocycles. The van der Waals surface area contributed by atoms with Crippen LogP contribution in [0, 0.1) is 0 Å². The quantitative estimate of drug-likeness (QED) is 0.794. The summed E-state index contributed by atoms with van der Waals surface area (Å²) in [5, 5.41) is 3.00. The summed E-state index contributed by atoms with van der Waals surface area (Å²) in [5.74, 6) is 0.0243. The van der Waals surface area contributed by atoms with Gasteiger partial charge in [-0.05, 0) is 41.7 Å². The van der Waals surface area contributed by atoms with Crippen molar-refractivity contribution >= 4 is 17.3 Å². The molecule has 0 unspecified atom stereocenters. The molecule has 2 aromatic carbocycles. The fraction of sp³-hybridized carbons (Fsp3) is 0.350. The molecule has 5 heteroatoms. The van der Waals surface area contributed by atoms with Crippen LogP contribution in [0.2, 0.25) is 0 Å². The van der Waals surface area contributed by atoms with E-state index in [1.165, 1.54) is 0 Å². The van der Waals surface area contributed by atoms with Gasteiger partial charge >= 0.3 is 0 Å². The zero-order valence-electron chi connectivity index (χ0n) is 14.6. The fourth-order valence-corrected chi connectivity index (χ4v) is 3.24. The first kappa shape index (κ1) is 17.3. The van der Waals surface area contributed by atoms with E-state index in [0.717, 1.165) is 47.5 Å². The zero-order chi connectivity index (χ0) is 17.6. The van der Waals surface area contributed by atoms with Gasteiger partial charge in [0.25, 0.3) is 0 Å². The van der Waals surface area contributed by atoms with Gasteiger partial charge in [0.05, 0.1) is 13.2 Å². The molecule has 5 nitrogen and oxygen atoms in total. The van der Waals surface area contributed by atoms with Crippen LogP contribution >= 0.6 is 0 Å². The monoisotopic (exact) mass is 339 g/mol. The van der Waals surface area contributed by atoms with E-state index < -0.39 is 0 Å². The van der Waals surface area contributed by atoms with Crippen LogP contribution in [0.15, 0.2) is 42.5 Å². The molecule has 0 atom stereocenters. The predicted octanol–water partition coefficient (Wildman–Crippen LogP) is 2.48. The maximum atomic E-state index is 12.3. The van der Waals surface area contributed by atoms with Crippen molar-refractivity contribution in [1.82, 2.24) is 5.32 Å². The summed E-state index contributed by atoms with van der Waals surface area (Å²) in [4.78, 5) is 14.5. The Labute approximate surface area is 148 Å². The second kappa shape index (κ2) is 8.03. The van der Waals surface area contributed by atoms with Gasteiger partial charge in [0.2, 0.25) is 5.91 Å². The molecule has 0 aliphatic carbocycles. The van der Waals surface area contributed by atoms with Gasteiger partial charge in [0.15, 0.2) is 0 Å². The Balaban J connectivity index is 1.56. The standard InChI is InChI=1S/C20H25N3O2/c1-25-14-16-9-7-15(8-10-16)12-22-20(24)13-23-11-3-4-17-18(21)5-2-6-19(17)23/h2,5-10H,3-4,11-14,21H2,1H3,(H,22,24). The van der Waals surface area contributed by atoms with Crippen LogP contribution in [0.25, 0.3) is 0 Å². The van der Waals surface area contributed by atoms with E-state index in [-0.39, 0.29) is 5.91 Å². The minimum absolute atomic E-state index is 0.0243. The SMILES string of the molecule is COCc1ccc(CNC(=O)CN2CCCc3c(N)cccc32)cc1. The summed E-state index contributed by atoms with van der Waals surface area (Å²) >= 11 is 0. The van der Waals surface area contributed by atoms with Gasteiger partial charge in [-0.15, -0.1) is 0 Å². The number of anilines is 2. The normalized spacial score (nSPS) is 13.4. The number of nitrogens with one attached hydrogen (secondary N) is 1. The highest BCUT2D eigenvalue weighted by molar-refractivity contribution is 5.82. The van der Waals surface area contributed by atoms with Crippen LogP contribution in [-0.4, -0.2) is 26.1 Å². The summed E-state index contributed by atoms with van der Waals surface area (Å²) in [6, 6.07) is 14.0. The zero-order valence-corrected chi connectivity index (χ0v) is 14.6. The third-order valence-corrected chi connectivity index (χ3v) is 4.54. The molecule has 1 heterocycles. The number of rotatable bonds is 6. The van der Waals surface area contributed by atoms with Crippen LogP contribution in [0.5, 0.6) is 0 Å². The Kier molecular flexibility index (Phi) is 5.56. The third-order valence-electron chi connectivity index (χ3n) is 4.54. The smallest absolute Gasteiger partial charge is 0.239 e. The number of amides is 1. The summed E-state index contributed by atoms with van der Waals surface area (Å²) in [7, 11) is 1.68. The molecule has 25 heavy (non-hydrogen) atoms. The Bertz CT molecular complexity index is 728. The first-order valence-corrected chi connectivity index (χ1v) is 8.63. The lowest BCUT2D eigenvalue weighted by atomic mass is 10.00. The number of benzene rings is 2. The number of hydrogen-bond donors (Lipinski definition) is 2. The molecule has 1 amide bonds. The molecule has 3 rings (SSSR count). The lowest BCUT2D eigenvalue weighted by Gasteiger charge is -2.31. The lowest BCUT2D eigenvalue weighted by molar-refractivity contribution is -0.119. The molecule has 2 aromatic rings. The van der Waals surface area contributed by atoms with E-state index in [1.807, 2.05) is 42.5 Å². The van der Waals surface area contributed by atoms with Crippen LogP contribution < -0.4 is 16.0 Å². The van der Waals surface area contributed by atoms with E-state index in [2.05, 4.69) is 10.2 Å². The number of carbonyl (C=O) groups is 1. The highest BCUT2D eigenvalue weighted by Crippen LogP contribution is 2.30. The van der Waals surface area contributed by atoms with Crippen molar-refractivity contribution in [2.24, 2.45) is 0 Å². The Morgan fingerprint density at radius 2 is 1.96 bits per heavy atom. The van der Waals surface area contributed by atoms with E-state index in [4.69, 9.17) is 10.5 Å². The average molecular weight is 339 g/mol. The number of methoxy groups -OCH3 is 1. The molecule has 0 saturated carbocycles. The molecule has 132 valence electrons. The summed E-state index contributed by atoms with van der Waals surface area (Å²) < 4.78 is 5.10. The van der Waals surface area contributed by atoms with Gasteiger partial charge < -0.3 is 20.7 Å². The molecule has 0 fully saturated rings. The lowest BCUT2D eigenvalue weighted by Crippen LogP contribution is -2.39. The second-order valence-corrected chi connectivity index (χ2v) is 6.40.